The molecule has 1 aliphatic rings. The predicted octanol–water partition coefficient (Wildman–Crippen LogP) is 5.32. The molecule has 1 saturated carbocycles. The van der Waals surface area contributed by atoms with E-state index >= 15 is 0 Å². The summed E-state index contributed by atoms with van der Waals surface area (Å²) in [6.45, 7) is 1.78. The first kappa shape index (κ1) is 25.9. The van der Waals surface area contributed by atoms with Crippen LogP contribution in [0.3, 0.4) is 0 Å². The third-order valence-corrected chi connectivity index (χ3v) is 6.98. The fourth-order valence-corrected chi connectivity index (χ4v) is 5.12. The fourth-order valence-electron chi connectivity index (χ4n) is 5.12. The number of hydrogen-bond donors (Lipinski definition) is 1. The van der Waals surface area contributed by atoms with Crippen LogP contribution in [0.25, 0.3) is 22.4 Å². The highest BCUT2D eigenvalue weighted by Crippen LogP contribution is 2.38. The standard InChI is InChI=1S/C29H36N2O5/c1-34-16-15-26-28(24-9-6-10-25(17-24)35-2)29(23-7-4-3-5-8-23)30-31(26)18-21-11-13-22(14-12-21)19-36-20-27(32)33/h3-10,17,21-22H,11-16,18-20H2,1-2H3,(H,32,33)/t21-,22+. The van der Waals surface area contributed by atoms with Gasteiger partial charge in [0.05, 0.1) is 20.3 Å². The van der Waals surface area contributed by atoms with Crippen LogP contribution < -0.4 is 4.74 Å². The molecule has 0 spiro atoms. The summed E-state index contributed by atoms with van der Waals surface area (Å²) >= 11 is 0. The molecule has 1 aromatic heterocycles. The Morgan fingerprint density at radius 3 is 2.42 bits per heavy atom. The highest BCUT2D eigenvalue weighted by atomic mass is 16.5. The molecule has 7 nitrogen and oxygen atoms in total. The van der Waals surface area contributed by atoms with Crippen LogP contribution >= 0.6 is 0 Å². The average Bonchev–Trinajstić information content (AvgIpc) is 3.26. The third-order valence-electron chi connectivity index (χ3n) is 6.98. The number of rotatable bonds is 12. The molecule has 1 N–H and O–H groups in total. The van der Waals surface area contributed by atoms with Gasteiger partial charge >= 0.3 is 5.97 Å². The number of aromatic nitrogens is 2. The van der Waals surface area contributed by atoms with Crippen molar-refractivity contribution in [2.45, 2.75) is 38.6 Å². The summed E-state index contributed by atoms with van der Waals surface area (Å²) in [5, 5.41) is 14.0. The van der Waals surface area contributed by atoms with Gasteiger partial charge in [0.25, 0.3) is 0 Å². The van der Waals surface area contributed by atoms with Crippen LogP contribution in [-0.2, 0) is 27.2 Å². The summed E-state index contributed by atoms with van der Waals surface area (Å²) in [5.41, 5.74) is 5.46. The van der Waals surface area contributed by atoms with E-state index in [4.69, 9.17) is 24.4 Å². The molecular formula is C29H36N2O5. The lowest BCUT2D eigenvalue weighted by Crippen LogP contribution is -2.24. The number of carboxylic acids is 1. The van der Waals surface area contributed by atoms with E-state index in [1.165, 1.54) is 5.69 Å². The zero-order valence-corrected chi connectivity index (χ0v) is 21.2. The van der Waals surface area contributed by atoms with Gasteiger partial charge in [0, 0.05) is 36.9 Å². The molecule has 0 bridgehead atoms. The van der Waals surface area contributed by atoms with Crippen molar-refractivity contribution in [3.8, 4) is 28.1 Å². The summed E-state index contributed by atoms with van der Waals surface area (Å²) in [6.07, 6.45) is 5.03. The van der Waals surface area contributed by atoms with Gasteiger partial charge in [-0.1, -0.05) is 42.5 Å². The molecule has 1 fully saturated rings. The van der Waals surface area contributed by atoms with Crippen molar-refractivity contribution in [3.63, 3.8) is 0 Å². The second-order valence-corrected chi connectivity index (χ2v) is 9.49. The molecule has 192 valence electrons. The van der Waals surface area contributed by atoms with Crippen LogP contribution in [0.4, 0.5) is 0 Å². The molecule has 36 heavy (non-hydrogen) atoms. The molecule has 0 radical (unpaired) electrons. The van der Waals surface area contributed by atoms with Crippen molar-refractivity contribution in [2.24, 2.45) is 11.8 Å². The number of carbonyl (C=O) groups is 1. The number of methoxy groups -OCH3 is 2. The van der Waals surface area contributed by atoms with Crippen molar-refractivity contribution >= 4 is 5.97 Å². The number of hydrogen-bond acceptors (Lipinski definition) is 5. The van der Waals surface area contributed by atoms with Crippen molar-refractivity contribution < 1.29 is 24.1 Å². The number of aliphatic carboxylic acids is 1. The molecule has 4 rings (SSSR count). The molecule has 3 aromatic rings. The third kappa shape index (κ3) is 6.53. The van der Waals surface area contributed by atoms with Crippen LogP contribution in [0, 0.1) is 11.8 Å². The lowest BCUT2D eigenvalue weighted by Gasteiger charge is -2.28. The monoisotopic (exact) mass is 492 g/mol. The first-order valence-electron chi connectivity index (χ1n) is 12.7. The summed E-state index contributed by atoms with van der Waals surface area (Å²) in [6, 6.07) is 18.5. The normalized spacial score (nSPS) is 17.7. The number of nitrogens with zero attached hydrogens (tertiary/aromatic N) is 2. The molecule has 0 saturated heterocycles. The van der Waals surface area contributed by atoms with E-state index in [1.54, 1.807) is 14.2 Å². The quantitative estimate of drug-likeness (QED) is 0.368. The summed E-state index contributed by atoms with van der Waals surface area (Å²) in [5.74, 6) is 0.856. The van der Waals surface area contributed by atoms with Crippen LogP contribution in [-0.4, -0.2) is 54.9 Å². The maximum atomic E-state index is 10.7. The maximum absolute atomic E-state index is 10.7. The van der Waals surface area contributed by atoms with E-state index in [0.29, 0.717) is 25.0 Å². The minimum absolute atomic E-state index is 0.217. The van der Waals surface area contributed by atoms with Gasteiger partial charge in [-0.05, 0) is 55.2 Å². The molecule has 0 atom stereocenters. The van der Waals surface area contributed by atoms with Gasteiger partial charge in [-0.15, -0.1) is 0 Å². The van der Waals surface area contributed by atoms with E-state index in [9.17, 15) is 4.79 Å². The Morgan fingerprint density at radius 2 is 1.72 bits per heavy atom. The minimum atomic E-state index is -0.910. The highest BCUT2D eigenvalue weighted by molar-refractivity contribution is 5.83. The molecule has 1 aliphatic carbocycles. The largest absolute Gasteiger partial charge is 0.497 e. The Labute approximate surface area is 213 Å². The van der Waals surface area contributed by atoms with Crippen LogP contribution in [0.5, 0.6) is 5.75 Å². The smallest absolute Gasteiger partial charge is 0.329 e. The lowest BCUT2D eigenvalue weighted by molar-refractivity contribution is -0.142. The van der Waals surface area contributed by atoms with Crippen LogP contribution in [0.2, 0.25) is 0 Å². The zero-order chi connectivity index (χ0) is 25.3. The van der Waals surface area contributed by atoms with E-state index < -0.39 is 5.97 Å². The Morgan fingerprint density at radius 1 is 1.00 bits per heavy atom. The van der Waals surface area contributed by atoms with E-state index in [0.717, 1.165) is 66.8 Å². The van der Waals surface area contributed by atoms with Gasteiger partial charge in [0.15, 0.2) is 0 Å². The maximum Gasteiger partial charge on any atom is 0.329 e. The van der Waals surface area contributed by atoms with Gasteiger partial charge in [0.1, 0.15) is 18.1 Å². The Bertz CT molecular complexity index is 1120. The molecule has 1 heterocycles. The van der Waals surface area contributed by atoms with Crippen LogP contribution in [0.15, 0.2) is 54.6 Å². The first-order valence-corrected chi connectivity index (χ1v) is 12.7. The number of ether oxygens (including phenoxy) is 3. The van der Waals surface area contributed by atoms with Gasteiger partial charge in [-0.25, -0.2) is 4.79 Å². The molecule has 2 aromatic carbocycles. The average molecular weight is 493 g/mol. The summed E-state index contributed by atoms with van der Waals surface area (Å²) in [4.78, 5) is 10.7. The van der Waals surface area contributed by atoms with Gasteiger partial charge in [-0.2, -0.15) is 5.10 Å². The van der Waals surface area contributed by atoms with E-state index in [-0.39, 0.29) is 6.61 Å². The second kappa shape index (κ2) is 12.7. The van der Waals surface area contributed by atoms with Crippen molar-refractivity contribution in [1.82, 2.24) is 9.78 Å². The molecular weight excluding hydrogens is 456 g/mol. The first-order chi connectivity index (χ1) is 17.6. The fraction of sp³-hybridized carbons (Fsp3) is 0.448. The van der Waals surface area contributed by atoms with Crippen molar-refractivity contribution in [3.05, 3.63) is 60.3 Å². The van der Waals surface area contributed by atoms with Crippen molar-refractivity contribution in [1.29, 1.82) is 0 Å². The predicted molar refractivity (Wildman–Crippen MR) is 139 cm³/mol. The number of benzene rings is 2. The van der Waals surface area contributed by atoms with E-state index in [2.05, 4.69) is 28.9 Å². The van der Waals surface area contributed by atoms with Gasteiger partial charge in [0.2, 0.25) is 0 Å². The van der Waals surface area contributed by atoms with E-state index in [1.807, 2.05) is 30.3 Å². The second-order valence-electron chi connectivity index (χ2n) is 9.49. The molecule has 7 heteroatoms. The van der Waals surface area contributed by atoms with Gasteiger partial charge < -0.3 is 19.3 Å². The molecule has 0 unspecified atom stereocenters. The Balaban J connectivity index is 1.62. The van der Waals surface area contributed by atoms with Crippen LogP contribution in [0.1, 0.15) is 31.4 Å². The van der Waals surface area contributed by atoms with Crippen molar-refractivity contribution in [2.75, 3.05) is 34.0 Å². The van der Waals surface area contributed by atoms with Gasteiger partial charge in [-0.3, -0.25) is 4.68 Å². The molecule has 0 amide bonds. The minimum Gasteiger partial charge on any atom is -0.497 e. The Kier molecular flexibility index (Phi) is 9.14. The number of carboxylic acid groups (broad SMARTS) is 1. The summed E-state index contributed by atoms with van der Waals surface area (Å²) in [7, 11) is 3.42. The summed E-state index contributed by atoms with van der Waals surface area (Å²) < 4.78 is 18.6. The zero-order valence-electron chi connectivity index (χ0n) is 21.2. The topological polar surface area (TPSA) is 82.8 Å². The highest BCUT2D eigenvalue weighted by Gasteiger charge is 2.26. The molecule has 0 aliphatic heterocycles. The lowest BCUT2D eigenvalue weighted by atomic mass is 9.82. The Hall–Kier alpha value is -3.16. The SMILES string of the molecule is COCCc1c(-c2cccc(OC)c2)c(-c2ccccc2)nn1C[C@H]1CC[C@@H](COCC(=O)O)CC1.